The predicted octanol–water partition coefficient (Wildman–Crippen LogP) is 1.68. The monoisotopic (exact) mass is 241 g/mol. The lowest BCUT2D eigenvalue weighted by molar-refractivity contribution is -0.118. The number of carbonyl (C=O) groups excluding carboxylic acids is 2. The molecule has 0 bridgehead atoms. The van der Waals surface area contributed by atoms with E-state index in [9.17, 15) is 9.59 Å². The normalized spacial score (nSPS) is 9.88. The number of amides is 1. The molecule has 0 saturated heterocycles. The first-order valence-corrected chi connectivity index (χ1v) is 5.10. The van der Waals surface area contributed by atoms with Crippen LogP contribution in [0.4, 0.5) is 0 Å². The highest BCUT2D eigenvalue weighted by atomic mass is 35.5. The number of nitrogens with two attached hydrogens (primary N) is 1. The summed E-state index contributed by atoms with van der Waals surface area (Å²) in [6.07, 6.45) is 0.0192. The Bertz CT molecular complexity index is 418. The molecule has 1 aromatic carbocycles. The molecule has 4 nitrogen and oxygen atoms in total. The highest BCUT2D eigenvalue weighted by Crippen LogP contribution is 2.17. The van der Waals surface area contributed by atoms with Gasteiger partial charge in [0.05, 0.1) is 12.0 Å². The summed E-state index contributed by atoms with van der Waals surface area (Å²) in [5.74, 6) is -1.02. The van der Waals surface area contributed by atoms with Crippen LogP contribution in [-0.4, -0.2) is 18.5 Å². The number of rotatable bonds is 4. The molecule has 1 aromatic rings. The molecule has 16 heavy (non-hydrogen) atoms. The zero-order valence-electron chi connectivity index (χ0n) is 8.83. The van der Waals surface area contributed by atoms with E-state index in [1.165, 1.54) is 6.07 Å². The quantitative estimate of drug-likeness (QED) is 0.816. The topological polar surface area (TPSA) is 69.4 Å². The van der Waals surface area contributed by atoms with Crippen LogP contribution in [0.25, 0.3) is 0 Å². The smallest absolute Gasteiger partial charge is 0.338 e. The lowest BCUT2D eigenvalue weighted by Crippen LogP contribution is -2.15. The molecule has 0 unspecified atom stereocenters. The minimum Gasteiger partial charge on any atom is -0.462 e. The molecular weight excluding hydrogens is 230 g/mol. The van der Waals surface area contributed by atoms with E-state index in [4.69, 9.17) is 22.1 Å². The van der Waals surface area contributed by atoms with Gasteiger partial charge in [0.2, 0.25) is 5.91 Å². The SMILES string of the molecule is Cc1ccc(C(=O)OCCC(N)=O)cc1Cl. The predicted molar refractivity (Wildman–Crippen MR) is 60.3 cm³/mol. The molecule has 0 heterocycles. The molecule has 0 aliphatic rings. The van der Waals surface area contributed by atoms with Crippen molar-refractivity contribution in [2.24, 2.45) is 5.73 Å². The van der Waals surface area contributed by atoms with E-state index in [0.29, 0.717) is 10.6 Å². The molecule has 0 aliphatic carbocycles. The van der Waals surface area contributed by atoms with Crippen LogP contribution in [0.5, 0.6) is 0 Å². The summed E-state index contributed by atoms with van der Waals surface area (Å²) < 4.78 is 4.84. The van der Waals surface area contributed by atoms with Crippen molar-refractivity contribution in [2.75, 3.05) is 6.61 Å². The molecule has 86 valence electrons. The van der Waals surface area contributed by atoms with Crippen molar-refractivity contribution in [3.8, 4) is 0 Å². The summed E-state index contributed by atoms with van der Waals surface area (Å²) in [6, 6.07) is 4.88. The lowest BCUT2D eigenvalue weighted by atomic mass is 10.1. The summed E-state index contributed by atoms with van der Waals surface area (Å²) in [4.78, 5) is 21.9. The molecule has 2 N–H and O–H groups in total. The summed E-state index contributed by atoms with van der Waals surface area (Å²) in [5, 5.41) is 0.504. The van der Waals surface area contributed by atoms with Gasteiger partial charge in [-0.05, 0) is 24.6 Å². The number of esters is 1. The van der Waals surface area contributed by atoms with Crippen LogP contribution in [0.1, 0.15) is 22.3 Å². The summed E-state index contributed by atoms with van der Waals surface area (Å²) in [7, 11) is 0. The number of primary amides is 1. The Hall–Kier alpha value is -1.55. The Labute approximate surface area is 98.3 Å². The molecule has 0 atom stereocenters. The van der Waals surface area contributed by atoms with Gasteiger partial charge in [-0.2, -0.15) is 0 Å². The Kier molecular flexibility index (Phi) is 4.31. The van der Waals surface area contributed by atoms with Gasteiger partial charge in [0.1, 0.15) is 6.61 Å². The fourth-order valence-corrected chi connectivity index (χ4v) is 1.23. The van der Waals surface area contributed by atoms with E-state index < -0.39 is 11.9 Å². The van der Waals surface area contributed by atoms with E-state index in [1.807, 2.05) is 6.92 Å². The first-order valence-electron chi connectivity index (χ1n) is 4.72. The number of hydrogen-bond acceptors (Lipinski definition) is 3. The number of benzene rings is 1. The Morgan fingerprint density at radius 2 is 2.12 bits per heavy atom. The Morgan fingerprint density at radius 1 is 1.44 bits per heavy atom. The maximum atomic E-state index is 11.5. The molecule has 1 amide bonds. The van der Waals surface area contributed by atoms with E-state index in [-0.39, 0.29) is 13.0 Å². The molecule has 0 radical (unpaired) electrons. The number of hydrogen-bond donors (Lipinski definition) is 1. The lowest BCUT2D eigenvalue weighted by Gasteiger charge is -2.04. The molecular formula is C11H12ClNO3. The molecule has 5 heteroatoms. The fraction of sp³-hybridized carbons (Fsp3) is 0.273. The Balaban J connectivity index is 2.59. The second-order valence-corrected chi connectivity index (χ2v) is 3.72. The number of ether oxygens (including phenoxy) is 1. The van der Waals surface area contributed by atoms with Gasteiger partial charge in [-0.3, -0.25) is 4.79 Å². The zero-order chi connectivity index (χ0) is 12.1. The van der Waals surface area contributed by atoms with Gasteiger partial charge >= 0.3 is 5.97 Å². The summed E-state index contributed by atoms with van der Waals surface area (Å²) in [5.41, 5.74) is 6.16. The van der Waals surface area contributed by atoms with E-state index in [0.717, 1.165) is 5.56 Å². The summed E-state index contributed by atoms with van der Waals surface area (Å²) >= 11 is 5.86. The second kappa shape index (κ2) is 5.51. The standard InChI is InChI=1S/C11H12ClNO3/c1-7-2-3-8(6-9(7)12)11(15)16-5-4-10(13)14/h2-3,6H,4-5H2,1H3,(H2,13,14). The maximum absolute atomic E-state index is 11.5. The number of aryl methyl sites for hydroxylation is 1. The first-order chi connectivity index (χ1) is 7.50. The fourth-order valence-electron chi connectivity index (χ4n) is 1.05. The molecule has 0 fully saturated rings. The Morgan fingerprint density at radius 3 is 2.69 bits per heavy atom. The van der Waals surface area contributed by atoms with Crippen LogP contribution >= 0.6 is 11.6 Å². The van der Waals surface area contributed by atoms with Gasteiger partial charge in [0.15, 0.2) is 0 Å². The van der Waals surface area contributed by atoms with Crippen molar-refractivity contribution < 1.29 is 14.3 Å². The largest absolute Gasteiger partial charge is 0.462 e. The third-order valence-electron chi connectivity index (χ3n) is 1.99. The highest BCUT2D eigenvalue weighted by molar-refractivity contribution is 6.31. The van der Waals surface area contributed by atoms with E-state index in [1.54, 1.807) is 12.1 Å². The zero-order valence-corrected chi connectivity index (χ0v) is 9.58. The molecule has 0 spiro atoms. The highest BCUT2D eigenvalue weighted by Gasteiger charge is 2.08. The minimum atomic E-state index is -0.511. The van der Waals surface area contributed by atoms with Crippen LogP contribution < -0.4 is 5.73 Å². The van der Waals surface area contributed by atoms with Crippen LogP contribution in [0, 0.1) is 6.92 Å². The van der Waals surface area contributed by atoms with E-state index >= 15 is 0 Å². The van der Waals surface area contributed by atoms with Gasteiger partial charge in [0.25, 0.3) is 0 Å². The first kappa shape index (κ1) is 12.5. The van der Waals surface area contributed by atoms with Crippen LogP contribution in [-0.2, 0) is 9.53 Å². The van der Waals surface area contributed by atoms with Crippen LogP contribution in [0.2, 0.25) is 5.02 Å². The number of carbonyl (C=O) groups is 2. The second-order valence-electron chi connectivity index (χ2n) is 3.32. The van der Waals surface area contributed by atoms with Gasteiger partial charge in [-0.15, -0.1) is 0 Å². The third kappa shape index (κ3) is 3.55. The van der Waals surface area contributed by atoms with Crippen molar-refractivity contribution >= 4 is 23.5 Å². The average molecular weight is 242 g/mol. The van der Waals surface area contributed by atoms with Gasteiger partial charge in [-0.25, -0.2) is 4.79 Å². The molecule has 0 aromatic heterocycles. The average Bonchev–Trinajstić information content (AvgIpc) is 2.21. The van der Waals surface area contributed by atoms with Gasteiger partial charge < -0.3 is 10.5 Å². The molecule has 1 rings (SSSR count). The van der Waals surface area contributed by atoms with Gasteiger partial charge in [-0.1, -0.05) is 17.7 Å². The van der Waals surface area contributed by atoms with Crippen molar-refractivity contribution in [3.63, 3.8) is 0 Å². The minimum absolute atomic E-state index is 0.0142. The van der Waals surface area contributed by atoms with Gasteiger partial charge in [0, 0.05) is 5.02 Å². The summed E-state index contributed by atoms with van der Waals surface area (Å²) in [6.45, 7) is 1.82. The maximum Gasteiger partial charge on any atom is 0.338 e. The van der Waals surface area contributed by atoms with Crippen molar-refractivity contribution in [2.45, 2.75) is 13.3 Å². The molecule has 0 saturated carbocycles. The molecule has 0 aliphatic heterocycles. The van der Waals surface area contributed by atoms with Crippen molar-refractivity contribution in [1.29, 1.82) is 0 Å². The van der Waals surface area contributed by atoms with Crippen LogP contribution in [0.15, 0.2) is 18.2 Å². The van der Waals surface area contributed by atoms with E-state index in [2.05, 4.69) is 0 Å². The van der Waals surface area contributed by atoms with Crippen molar-refractivity contribution in [1.82, 2.24) is 0 Å². The third-order valence-corrected chi connectivity index (χ3v) is 2.40. The van der Waals surface area contributed by atoms with Crippen molar-refractivity contribution in [3.05, 3.63) is 34.3 Å². The number of halogens is 1. The van der Waals surface area contributed by atoms with Crippen LogP contribution in [0.3, 0.4) is 0 Å².